The number of hydrogen-bond acceptors (Lipinski definition) is 2. The van der Waals surface area contributed by atoms with Gasteiger partial charge in [0, 0.05) is 12.8 Å². The molecule has 0 unspecified atom stereocenters. The third-order valence-corrected chi connectivity index (χ3v) is 4.78. The van der Waals surface area contributed by atoms with E-state index >= 15 is 0 Å². The van der Waals surface area contributed by atoms with Crippen LogP contribution in [-0.4, -0.2) is 5.79 Å². The largest absolute Gasteiger partial charge is 0.462 e. The van der Waals surface area contributed by atoms with Gasteiger partial charge in [0.25, 0.3) is 0 Å². The van der Waals surface area contributed by atoms with Crippen molar-refractivity contribution in [2.75, 3.05) is 0 Å². The normalized spacial score (nSPS) is 31.0. The Kier molecular flexibility index (Phi) is 3.00. The van der Waals surface area contributed by atoms with Crippen molar-refractivity contribution in [1.29, 1.82) is 0 Å². The molecule has 2 aliphatic heterocycles. The minimum atomic E-state index is -0.435. The summed E-state index contributed by atoms with van der Waals surface area (Å²) in [6.07, 6.45) is 5.25. The van der Waals surface area contributed by atoms with E-state index in [1.54, 1.807) is 0 Å². The van der Waals surface area contributed by atoms with Gasteiger partial charge in [0.2, 0.25) is 5.79 Å². The molecule has 2 fully saturated rings. The summed E-state index contributed by atoms with van der Waals surface area (Å²) >= 11 is 0. The van der Waals surface area contributed by atoms with Crippen LogP contribution >= 0.6 is 0 Å². The Bertz CT molecular complexity index is 610. The molecule has 0 N–H and O–H groups in total. The summed E-state index contributed by atoms with van der Waals surface area (Å²) in [5, 5.41) is 0. The van der Waals surface area contributed by atoms with Crippen molar-refractivity contribution in [3.63, 3.8) is 0 Å². The van der Waals surface area contributed by atoms with Gasteiger partial charge in [0.15, 0.2) is 0 Å². The molecule has 0 aromatic heterocycles. The van der Waals surface area contributed by atoms with Crippen LogP contribution in [0.1, 0.15) is 37.7 Å². The molecule has 2 aromatic rings. The van der Waals surface area contributed by atoms with Crippen LogP contribution in [0.2, 0.25) is 0 Å². The molecule has 2 heterocycles. The molecule has 4 rings (SSSR count). The van der Waals surface area contributed by atoms with Gasteiger partial charge in [-0.2, -0.15) is 0 Å². The summed E-state index contributed by atoms with van der Waals surface area (Å²) in [5.41, 5.74) is 1.15. The van der Waals surface area contributed by atoms with Crippen molar-refractivity contribution in [2.24, 2.45) is 0 Å². The summed E-state index contributed by atoms with van der Waals surface area (Å²) in [7, 11) is 0. The quantitative estimate of drug-likeness (QED) is 0.814. The molecular weight excluding hydrogens is 260 g/mol. The standard InChI is InChI=1S/C19H20O2/c1-3-8-16(9-4-1)18-12-7-13-19(21-18,15-14-18)20-17-10-5-2-6-11-17/h1-6,8-11H,7,12-15H2/t18-,19+/m0/s1. The lowest BCUT2D eigenvalue weighted by atomic mass is 9.87. The second-order valence-electron chi connectivity index (χ2n) is 6.14. The van der Waals surface area contributed by atoms with Crippen LogP contribution in [0, 0.1) is 0 Å². The molecule has 2 atom stereocenters. The minimum Gasteiger partial charge on any atom is -0.462 e. The molecule has 2 saturated heterocycles. The molecule has 0 saturated carbocycles. The summed E-state index contributed by atoms with van der Waals surface area (Å²) in [4.78, 5) is 0. The van der Waals surface area contributed by atoms with Gasteiger partial charge < -0.3 is 9.47 Å². The Labute approximate surface area is 125 Å². The van der Waals surface area contributed by atoms with E-state index in [1.807, 2.05) is 30.3 Å². The Morgan fingerprint density at radius 1 is 0.762 bits per heavy atom. The zero-order valence-corrected chi connectivity index (χ0v) is 12.1. The van der Waals surface area contributed by atoms with Gasteiger partial charge in [0.05, 0.1) is 5.60 Å². The fraction of sp³-hybridized carbons (Fsp3) is 0.368. The van der Waals surface area contributed by atoms with E-state index in [9.17, 15) is 0 Å². The smallest absolute Gasteiger partial charge is 0.211 e. The van der Waals surface area contributed by atoms with Gasteiger partial charge in [0.1, 0.15) is 5.75 Å². The lowest BCUT2D eigenvalue weighted by molar-refractivity contribution is -0.237. The van der Waals surface area contributed by atoms with Gasteiger partial charge in [-0.15, -0.1) is 0 Å². The van der Waals surface area contributed by atoms with Crippen molar-refractivity contribution in [1.82, 2.24) is 0 Å². The van der Waals surface area contributed by atoms with Crippen molar-refractivity contribution < 1.29 is 9.47 Å². The third kappa shape index (κ3) is 2.24. The maximum atomic E-state index is 6.54. The van der Waals surface area contributed by atoms with Gasteiger partial charge in [-0.05, 0) is 37.0 Å². The molecule has 0 aliphatic carbocycles. The second kappa shape index (κ2) is 4.88. The van der Waals surface area contributed by atoms with E-state index in [1.165, 1.54) is 5.56 Å². The van der Waals surface area contributed by atoms with Gasteiger partial charge in [-0.1, -0.05) is 48.5 Å². The predicted molar refractivity (Wildman–Crippen MR) is 82.1 cm³/mol. The van der Waals surface area contributed by atoms with Crippen LogP contribution in [0.15, 0.2) is 60.7 Å². The fourth-order valence-corrected chi connectivity index (χ4v) is 3.76. The number of fused-ring (bicyclic) bond motifs is 2. The SMILES string of the molecule is c1ccc(O[C@@]23CCC[C@@](c4ccccc4)(CC2)O3)cc1. The summed E-state index contributed by atoms with van der Waals surface area (Å²) < 4.78 is 12.8. The molecule has 0 radical (unpaired) electrons. The number of hydrogen-bond donors (Lipinski definition) is 0. The molecule has 0 amide bonds. The Morgan fingerprint density at radius 3 is 2.24 bits per heavy atom. The molecule has 2 nitrogen and oxygen atoms in total. The average molecular weight is 280 g/mol. The highest BCUT2D eigenvalue weighted by Crippen LogP contribution is 2.53. The highest BCUT2D eigenvalue weighted by Gasteiger charge is 2.54. The highest BCUT2D eigenvalue weighted by atomic mass is 16.7. The zero-order chi connectivity index (χ0) is 14.2. The summed E-state index contributed by atoms with van der Waals surface area (Å²) in [6, 6.07) is 20.7. The first-order valence-corrected chi connectivity index (χ1v) is 7.80. The maximum Gasteiger partial charge on any atom is 0.211 e. The van der Waals surface area contributed by atoms with E-state index in [0.29, 0.717) is 0 Å². The predicted octanol–water partition coefficient (Wildman–Crippen LogP) is 4.65. The number of para-hydroxylation sites is 1. The van der Waals surface area contributed by atoms with Crippen molar-refractivity contribution in [3.05, 3.63) is 66.2 Å². The molecule has 2 aromatic carbocycles. The Hall–Kier alpha value is -1.80. The first kappa shape index (κ1) is 12.9. The van der Waals surface area contributed by atoms with Crippen LogP contribution in [-0.2, 0) is 10.3 Å². The topological polar surface area (TPSA) is 18.5 Å². The van der Waals surface area contributed by atoms with Gasteiger partial charge in [-0.25, -0.2) is 0 Å². The van der Waals surface area contributed by atoms with Crippen LogP contribution in [0.5, 0.6) is 5.75 Å². The number of rotatable bonds is 3. The highest BCUT2D eigenvalue weighted by molar-refractivity contribution is 5.27. The van der Waals surface area contributed by atoms with Crippen LogP contribution in [0.3, 0.4) is 0 Å². The molecule has 21 heavy (non-hydrogen) atoms. The van der Waals surface area contributed by atoms with Crippen molar-refractivity contribution in [3.8, 4) is 5.75 Å². The van der Waals surface area contributed by atoms with Gasteiger partial charge in [-0.3, -0.25) is 0 Å². The first-order chi connectivity index (χ1) is 10.3. The molecule has 2 heteroatoms. The number of ether oxygens (including phenoxy) is 2. The monoisotopic (exact) mass is 280 g/mol. The van der Waals surface area contributed by atoms with E-state index in [4.69, 9.17) is 9.47 Å². The minimum absolute atomic E-state index is 0.145. The fourth-order valence-electron chi connectivity index (χ4n) is 3.76. The molecule has 2 aliphatic rings. The van der Waals surface area contributed by atoms with E-state index in [-0.39, 0.29) is 5.60 Å². The molecule has 108 valence electrons. The molecule has 2 bridgehead atoms. The van der Waals surface area contributed by atoms with Crippen LogP contribution < -0.4 is 4.74 Å². The van der Waals surface area contributed by atoms with E-state index in [2.05, 4.69) is 30.3 Å². The average Bonchev–Trinajstić information content (AvgIpc) is 2.81. The van der Waals surface area contributed by atoms with Crippen molar-refractivity contribution >= 4 is 0 Å². The zero-order valence-electron chi connectivity index (χ0n) is 12.1. The van der Waals surface area contributed by atoms with E-state index < -0.39 is 5.79 Å². The lowest BCUT2D eigenvalue weighted by Crippen LogP contribution is -2.42. The van der Waals surface area contributed by atoms with E-state index in [0.717, 1.165) is 37.9 Å². The molecular formula is C19H20O2. The second-order valence-corrected chi connectivity index (χ2v) is 6.14. The Balaban J connectivity index is 1.62. The van der Waals surface area contributed by atoms with Crippen molar-refractivity contribution in [2.45, 2.75) is 43.5 Å². The van der Waals surface area contributed by atoms with Crippen LogP contribution in [0.25, 0.3) is 0 Å². The lowest BCUT2D eigenvalue weighted by Gasteiger charge is -2.40. The summed E-state index contributed by atoms with van der Waals surface area (Å²) in [6.45, 7) is 0. The third-order valence-electron chi connectivity index (χ3n) is 4.78. The molecule has 0 spiro atoms. The first-order valence-electron chi connectivity index (χ1n) is 7.80. The number of benzene rings is 2. The van der Waals surface area contributed by atoms with Gasteiger partial charge >= 0.3 is 0 Å². The maximum absolute atomic E-state index is 6.54. The van der Waals surface area contributed by atoms with Crippen LogP contribution in [0.4, 0.5) is 0 Å². The Morgan fingerprint density at radius 2 is 1.48 bits per heavy atom. The summed E-state index contributed by atoms with van der Waals surface area (Å²) in [5.74, 6) is 0.471.